The SMILES string of the molecule is CC(C)C(=O)C(C)CCc1ccccn1. The predicted octanol–water partition coefficient (Wildman–Crippen LogP) is 2.88. The molecule has 0 aromatic carbocycles. The largest absolute Gasteiger partial charge is 0.299 e. The lowest BCUT2D eigenvalue weighted by Gasteiger charge is -2.12. The third-order valence-corrected chi connectivity index (χ3v) is 2.61. The molecule has 0 amide bonds. The first-order valence-electron chi connectivity index (χ1n) is 5.55. The van der Waals surface area contributed by atoms with Crippen LogP contribution in [0.2, 0.25) is 0 Å². The number of ketones is 1. The Labute approximate surface area is 91.7 Å². The molecule has 1 heterocycles. The van der Waals surface area contributed by atoms with Gasteiger partial charge in [0.2, 0.25) is 0 Å². The molecule has 1 unspecified atom stereocenters. The summed E-state index contributed by atoms with van der Waals surface area (Å²) in [7, 11) is 0. The molecule has 1 aromatic rings. The summed E-state index contributed by atoms with van der Waals surface area (Å²) in [5, 5.41) is 0. The second-order valence-electron chi connectivity index (χ2n) is 4.32. The molecule has 82 valence electrons. The van der Waals surface area contributed by atoms with E-state index in [1.165, 1.54) is 0 Å². The second kappa shape index (κ2) is 5.64. The van der Waals surface area contributed by atoms with Gasteiger partial charge in [-0.05, 0) is 25.0 Å². The molecule has 0 aliphatic heterocycles. The molecule has 1 aromatic heterocycles. The number of carbonyl (C=O) groups excluding carboxylic acids is 1. The van der Waals surface area contributed by atoms with Crippen LogP contribution in [0.4, 0.5) is 0 Å². The number of aromatic nitrogens is 1. The highest BCUT2D eigenvalue weighted by Crippen LogP contribution is 2.13. The van der Waals surface area contributed by atoms with Crippen LogP contribution in [0.25, 0.3) is 0 Å². The third kappa shape index (κ3) is 3.82. The topological polar surface area (TPSA) is 30.0 Å². The molecule has 2 nitrogen and oxygen atoms in total. The summed E-state index contributed by atoms with van der Waals surface area (Å²) in [6.45, 7) is 5.92. The number of hydrogen-bond acceptors (Lipinski definition) is 2. The van der Waals surface area contributed by atoms with Crippen LogP contribution in [0.5, 0.6) is 0 Å². The minimum Gasteiger partial charge on any atom is -0.299 e. The lowest BCUT2D eigenvalue weighted by atomic mass is 9.92. The highest BCUT2D eigenvalue weighted by Gasteiger charge is 2.15. The van der Waals surface area contributed by atoms with Crippen LogP contribution in [0, 0.1) is 11.8 Å². The van der Waals surface area contributed by atoms with E-state index in [2.05, 4.69) is 4.98 Å². The molecule has 2 heteroatoms. The summed E-state index contributed by atoms with van der Waals surface area (Å²) in [4.78, 5) is 15.9. The van der Waals surface area contributed by atoms with E-state index in [0.29, 0.717) is 5.78 Å². The predicted molar refractivity (Wildman–Crippen MR) is 61.6 cm³/mol. The number of rotatable bonds is 5. The maximum atomic E-state index is 11.6. The number of aryl methyl sites for hydroxylation is 1. The number of pyridine rings is 1. The molecule has 0 spiro atoms. The first-order chi connectivity index (χ1) is 7.11. The van der Waals surface area contributed by atoms with E-state index < -0.39 is 0 Å². The van der Waals surface area contributed by atoms with E-state index in [9.17, 15) is 4.79 Å². The first kappa shape index (κ1) is 11.9. The molecule has 0 N–H and O–H groups in total. The Hall–Kier alpha value is -1.18. The van der Waals surface area contributed by atoms with Gasteiger partial charge >= 0.3 is 0 Å². The highest BCUT2D eigenvalue weighted by atomic mass is 16.1. The smallest absolute Gasteiger partial charge is 0.138 e. The van der Waals surface area contributed by atoms with Crippen LogP contribution in [0.3, 0.4) is 0 Å². The van der Waals surface area contributed by atoms with Crippen molar-refractivity contribution in [2.75, 3.05) is 0 Å². The van der Waals surface area contributed by atoms with E-state index in [1.807, 2.05) is 39.0 Å². The lowest BCUT2D eigenvalue weighted by Crippen LogP contribution is -2.17. The maximum absolute atomic E-state index is 11.6. The zero-order valence-corrected chi connectivity index (χ0v) is 9.73. The molecule has 0 aliphatic rings. The lowest BCUT2D eigenvalue weighted by molar-refractivity contribution is -0.125. The molecule has 15 heavy (non-hydrogen) atoms. The van der Waals surface area contributed by atoms with Gasteiger partial charge in [-0.2, -0.15) is 0 Å². The molecule has 0 radical (unpaired) electrons. The second-order valence-corrected chi connectivity index (χ2v) is 4.32. The zero-order valence-electron chi connectivity index (χ0n) is 9.73. The zero-order chi connectivity index (χ0) is 11.3. The maximum Gasteiger partial charge on any atom is 0.138 e. The number of carbonyl (C=O) groups is 1. The van der Waals surface area contributed by atoms with Crippen molar-refractivity contribution in [3.63, 3.8) is 0 Å². The molecule has 1 rings (SSSR count). The summed E-state index contributed by atoms with van der Waals surface area (Å²) in [6, 6.07) is 5.90. The van der Waals surface area contributed by atoms with Crippen LogP contribution in [0.15, 0.2) is 24.4 Å². The van der Waals surface area contributed by atoms with Gasteiger partial charge in [-0.25, -0.2) is 0 Å². The van der Waals surface area contributed by atoms with Crippen molar-refractivity contribution in [3.05, 3.63) is 30.1 Å². The van der Waals surface area contributed by atoms with Gasteiger partial charge in [0.25, 0.3) is 0 Å². The van der Waals surface area contributed by atoms with E-state index in [-0.39, 0.29) is 11.8 Å². The molecule has 0 fully saturated rings. The Balaban J connectivity index is 2.41. The number of Topliss-reactive ketones (excluding diaryl/α,β-unsaturated/α-hetero) is 1. The normalized spacial score (nSPS) is 12.8. The monoisotopic (exact) mass is 205 g/mol. The van der Waals surface area contributed by atoms with E-state index in [0.717, 1.165) is 18.5 Å². The number of nitrogens with zero attached hydrogens (tertiary/aromatic N) is 1. The Kier molecular flexibility index (Phi) is 4.47. The van der Waals surface area contributed by atoms with Crippen molar-refractivity contribution in [1.29, 1.82) is 0 Å². The summed E-state index contributed by atoms with van der Waals surface area (Å²) in [6.07, 6.45) is 3.58. The highest BCUT2D eigenvalue weighted by molar-refractivity contribution is 5.82. The van der Waals surface area contributed by atoms with Gasteiger partial charge in [0.05, 0.1) is 0 Å². The Morgan fingerprint density at radius 3 is 2.60 bits per heavy atom. The number of hydrogen-bond donors (Lipinski definition) is 0. The average molecular weight is 205 g/mol. The molecular weight excluding hydrogens is 186 g/mol. The van der Waals surface area contributed by atoms with E-state index in [1.54, 1.807) is 6.20 Å². The molecule has 1 atom stereocenters. The molecule has 0 saturated heterocycles. The van der Waals surface area contributed by atoms with Crippen molar-refractivity contribution in [2.45, 2.75) is 33.6 Å². The van der Waals surface area contributed by atoms with Gasteiger partial charge in [-0.3, -0.25) is 9.78 Å². The van der Waals surface area contributed by atoms with Crippen LogP contribution < -0.4 is 0 Å². The molecular formula is C13H19NO. The van der Waals surface area contributed by atoms with Crippen molar-refractivity contribution in [2.24, 2.45) is 11.8 Å². The summed E-state index contributed by atoms with van der Waals surface area (Å²) in [5.41, 5.74) is 1.07. The molecule has 0 bridgehead atoms. The van der Waals surface area contributed by atoms with E-state index >= 15 is 0 Å². The first-order valence-corrected chi connectivity index (χ1v) is 5.55. The van der Waals surface area contributed by atoms with Gasteiger partial charge < -0.3 is 0 Å². The minimum atomic E-state index is 0.142. The standard InChI is InChI=1S/C13H19NO/c1-10(2)13(15)11(3)7-8-12-6-4-5-9-14-12/h4-6,9-11H,7-8H2,1-3H3. The van der Waals surface area contributed by atoms with Crippen LogP contribution in [0.1, 0.15) is 32.9 Å². The molecule has 0 aliphatic carbocycles. The van der Waals surface area contributed by atoms with Crippen molar-refractivity contribution in [1.82, 2.24) is 4.98 Å². The van der Waals surface area contributed by atoms with Gasteiger partial charge in [0.1, 0.15) is 5.78 Å². The van der Waals surface area contributed by atoms with Crippen LogP contribution >= 0.6 is 0 Å². The average Bonchev–Trinajstić information content (AvgIpc) is 2.26. The molecule has 0 saturated carbocycles. The summed E-state index contributed by atoms with van der Waals surface area (Å²) in [5.74, 6) is 0.640. The fourth-order valence-electron chi connectivity index (χ4n) is 1.62. The van der Waals surface area contributed by atoms with Gasteiger partial charge in [-0.15, -0.1) is 0 Å². The quantitative estimate of drug-likeness (QED) is 0.739. The van der Waals surface area contributed by atoms with E-state index in [4.69, 9.17) is 0 Å². The summed E-state index contributed by atoms with van der Waals surface area (Å²) < 4.78 is 0. The fourth-order valence-corrected chi connectivity index (χ4v) is 1.62. The minimum absolute atomic E-state index is 0.142. The third-order valence-electron chi connectivity index (χ3n) is 2.61. The van der Waals surface area contributed by atoms with Crippen LogP contribution in [-0.2, 0) is 11.2 Å². The van der Waals surface area contributed by atoms with Crippen molar-refractivity contribution < 1.29 is 4.79 Å². The summed E-state index contributed by atoms with van der Waals surface area (Å²) >= 11 is 0. The fraction of sp³-hybridized carbons (Fsp3) is 0.538. The van der Waals surface area contributed by atoms with Crippen LogP contribution in [-0.4, -0.2) is 10.8 Å². The Morgan fingerprint density at radius 2 is 2.07 bits per heavy atom. The Bertz CT molecular complexity index is 306. The van der Waals surface area contributed by atoms with Gasteiger partial charge in [0, 0.05) is 23.7 Å². The van der Waals surface area contributed by atoms with Crippen molar-refractivity contribution in [3.8, 4) is 0 Å². The van der Waals surface area contributed by atoms with Crippen molar-refractivity contribution >= 4 is 5.78 Å². The van der Waals surface area contributed by atoms with Gasteiger partial charge in [0.15, 0.2) is 0 Å². The Morgan fingerprint density at radius 1 is 1.33 bits per heavy atom. The van der Waals surface area contributed by atoms with Gasteiger partial charge in [-0.1, -0.05) is 26.8 Å².